The first-order valence-corrected chi connectivity index (χ1v) is 8.79. The number of Topliss-reactive ketones (excluding diaryl/α,β-unsaturated/α-hetero) is 1. The van der Waals surface area contributed by atoms with E-state index in [0.29, 0.717) is 11.1 Å². The molecule has 3 nitrogen and oxygen atoms in total. The number of carbonyl (C=O) groups excluding carboxylic acids is 2. The third-order valence-electron chi connectivity index (χ3n) is 3.66. The molecule has 4 heteroatoms. The van der Waals surface area contributed by atoms with Crippen molar-refractivity contribution in [1.29, 1.82) is 0 Å². The van der Waals surface area contributed by atoms with Gasteiger partial charge in [0.15, 0.2) is 5.78 Å². The van der Waals surface area contributed by atoms with Gasteiger partial charge in [0, 0.05) is 16.0 Å². The second-order valence-electron chi connectivity index (χ2n) is 5.41. The van der Waals surface area contributed by atoms with E-state index in [9.17, 15) is 9.59 Å². The van der Waals surface area contributed by atoms with Crippen molar-refractivity contribution < 1.29 is 9.59 Å². The van der Waals surface area contributed by atoms with E-state index < -0.39 is 0 Å². The molecule has 124 valence electrons. The summed E-state index contributed by atoms with van der Waals surface area (Å²) in [5.41, 5.74) is 1.95. The number of rotatable bonds is 6. The van der Waals surface area contributed by atoms with Gasteiger partial charge in [0.2, 0.25) is 0 Å². The summed E-state index contributed by atoms with van der Waals surface area (Å²) < 4.78 is 0. The summed E-state index contributed by atoms with van der Waals surface area (Å²) in [6, 6.07) is 22.3. The molecule has 1 amide bonds. The van der Waals surface area contributed by atoms with Crippen LogP contribution < -0.4 is 5.32 Å². The zero-order valence-corrected chi connectivity index (χ0v) is 14.3. The highest BCUT2D eigenvalue weighted by Gasteiger charge is 2.14. The molecule has 1 aromatic heterocycles. The van der Waals surface area contributed by atoms with E-state index in [0.717, 1.165) is 10.4 Å². The molecule has 0 saturated carbocycles. The first kappa shape index (κ1) is 16.9. The molecule has 0 aliphatic carbocycles. The number of benzene rings is 2. The van der Waals surface area contributed by atoms with Crippen LogP contribution >= 0.6 is 11.3 Å². The van der Waals surface area contributed by atoms with Gasteiger partial charge >= 0.3 is 0 Å². The van der Waals surface area contributed by atoms with Gasteiger partial charge in [0.1, 0.15) is 0 Å². The Morgan fingerprint density at radius 2 is 1.48 bits per heavy atom. The van der Waals surface area contributed by atoms with Crippen molar-refractivity contribution in [1.82, 2.24) is 5.32 Å². The van der Waals surface area contributed by atoms with Gasteiger partial charge < -0.3 is 5.32 Å². The van der Waals surface area contributed by atoms with Gasteiger partial charge in [-0.3, -0.25) is 9.59 Å². The largest absolute Gasteiger partial charge is 0.345 e. The van der Waals surface area contributed by atoms with E-state index in [-0.39, 0.29) is 18.2 Å². The second kappa shape index (κ2) is 8.22. The number of hydrogen-bond acceptors (Lipinski definition) is 3. The van der Waals surface area contributed by atoms with E-state index in [2.05, 4.69) is 5.32 Å². The minimum absolute atomic E-state index is 0.0303. The number of amides is 1. The molecule has 0 aliphatic heterocycles. The molecule has 0 fully saturated rings. The first-order valence-electron chi connectivity index (χ1n) is 7.91. The van der Waals surface area contributed by atoms with Gasteiger partial charge in [-0.2, -0.15) is 0 Å². The Morgan fingerprint density at radius 1 is 0.840 bits per heavy atom. The summed E-state index contributed by atoms with van der Waals surface area (Å²) in [5, 5.41) is 4.70. The number of thiophene rings is 1. The van der Waals surface area contributed by atoms with Gasteiger partial charge in [0.05, 0.1) is 6.54 Å². The zero-order chi connectivity index (χ0) is 17.5. The van der Waals surface area contributed by atoms with E-state index in [4.69, 9.17) is 0 Å². The number of nitrogens with one attached hydrogen (secondary N) is 1. The molecule has 25 heavy (non-hydrogen) atoms. The highest BCUT2D eigenvalue weighted by atomic mass is 32.1. The van der Waals surface area contributed by atoms with Crippen LogP contribution in [0.5, 0.6) is 0 Å². The topological polar surface area (TPSA) is 46.2 Å². The van der Waals surface area contributed by atoms with Crippen LogP contribution in [0.15, 0.2) is 78.2 Å². The van der Waals surface area contributed by atoms with Crippen molar-refractivity contribution in [2.45, 2.75) is 0 Å². The van der Waals surface area contributed by atoms with E-state index in [1.807, 2.05) is 60.0 Å². The molecular weight excluding hydrogens is 330 g/mol. The van der Waals surface area contributed by atoms with Crippen LogP contribution in [0, 0.1) is 0 Å². The fourth-order valence-corrected chi connectivity index (χ4v) is 3.05. The van der Waals surface area contributed by atoms with Crippen LogP contribution in [0.4, 0.5) is 0 Å². The highest BCUT2D eigenvalue weighted by Crippen LogP contribution is 2.21. The predicted octanol–water partition coefficient (Wildman–Crippen LogP) is 4.29. The molecule has 0 spiro atoms. The lowest BCUT2D eigenvalue weighted by molar-refractivity contribution is -0.115. The highest BCUT2D eigenvalue weighted by molar-refractivity contribution is 7.11. The first-order chi connectivity index (χ1) is 12.2. The zero-order valence-electron chi connectivity index (χ0n) is 13.5. The summed E-state index contributed by atoms with van der Waals surface area (Å²) in [5.74, 6) is -0.374. The van der Waals surface area contributed by atoms with Crippen molar-refractivity contribution in [2.24, 2.45) is 0 Å². The molecule has 0 atom stereocenters. The van der Waals surface area contributed by atoms with Crippen molar-refractivity contribution in [2.75, 3.05) is 6.54 Å². The number of ketones is 1. The minimum Gasteiger partial charge on any atom is -0.345 e. The molecule has 0 aliphatic rings. The summed E-state index contributed by atoms with van der Waals surface area (Å²) in [6.07, 6.45) is 1.85. The van der Waals surface area contributed by atoms with Crippen LogP contribution in [0.2, 0.25) is 0 Å². The third kappa shape index (κ3) is 4.52. The molecule has 1 heterocycles. The normalized spacial score (nSPS) is 11.1. The summed E-state index contributed by atoms with van der Waals surface area (Å²) in [7, 11) is 0. The van der Waals surface area contributed by atoms with E-state index in [1.165, 1.54) is 0 Å². The molecule has 0 radical (unpaired) electrons. The van der Waals surface area contributed by atoms with Crippen LogP contribution in [0.3, 0.4) is 0 Å². The monoisotopic (exact) mass is 347 g/mol. The maximum atomic E-state index is 12.7. The molecular formula is C21H17NO2S. The maximum Gasteiger partial charge on any atom is 0.252 e. The Hall–Kier alpha value is -2.98. The summed E-state index contributed by atoms with van der Waals surface area (Å²) in [6.45, 7) is -0.0303. The van der Waals surface area contributed by atoms with Gasteiger partial charge in [0.25, 0.3) is 5.91 Å². The Labute approximate surface area is 150 Å². The Bertz CT molecular complexity index is 869. The van der Waals surface area contributed by atoms with Gasteiger partial charge in [-0.05, 0) is 23.1 Å². The maximum absolute atomic E-state index is 12.7. The Kier molecular flexibility index (Phi) is 5.54. The Morgan fingerprint density at radius 3 is 2.08 bits per heavy atom. The second-order valence-corrected chi connectivity index (χ2v) is 6.39. The smallest absolute Gasteiger partial charge is 0.252 e. The number of carbonyl (C=O) groups is 2. The molecule has 0 bridgehead atoms. The fraction of sp³-hybridized carbons (Fsp3) is 0.0476. The van der Waals surface area contributed by atoms with E-state index >= 15 is 0 Å². The van der Waals surface area contributed by atoms with Crippen molar-refractivity contribution in [3.05, 3.63) is 94.2 Å². The van der Waals surface area contributed by atoms with Crippen LogP contribution in [0.1, 0.15) is 20.8 Å². The predicted molar refractivity (Wildman–Crippen MR) is 102 cm³/mol. The summed E-state index contributed by atoms with van der Waals surface area (Å²) >= 11 is 1.56. The van der Waals surface area contributed by atoms with Crippen LogP contribution in [-0.4, -0.2) is 18.2 Å². The number of hydrogen-bond donors (Lipinski definition) is 1. The van der Waals surface area contributed by atoms with Gasteiger partial charge in [-0.1, -0.05) is 66.7 Å². The average molecular weight is 347 g/mol. The SMILES string of the molecule is O=C(NCC(=O)c1ccccc1)/C(=C/c1cccs1)c1ccccc1. The molecule has 2 aromatic carbocycles. The average Bonchev–Trinajstić information content (AvgIpc) is 3.18. The third-order valence-corrected chi connectivity index (χ3v) is 4.48. The van der Waals surface area contributed by atoms with E-state index in [1.54, 1.807) is 35.6 Å². The molecule has 3 rings (SSSR count). The lowest BCUT2D eigenvalue weighted by Gasteiger charge is -2.09. The lowest BCUT2D eigenvalue weighted by atomic mass is 10.0. The standard InChI is InChI=1S/C21H17NO2S/c23-20(17-10-5-2-6-11-17)15-22-21(24)19(14-18-12-7-13-25-18)16-8-3-1-4-9-16/h1-14H,15H2,(H,22,24)/b19-14+. The fourth-order valence-electron chi connectivity index (χ4n) is 2.40. The quantitative estimate of drug-likeness (QED) is 0.534. The van der Waals surface area contributed by atoms with Crippen molar-refractivity contribution in [3.8, 4) is 0 Å². The van der Waals surface area contributed by atoms with Crippen molar-refractivity contribution in [3.63, 3.8) is 0 Å². The summed E-state index contributed by atoms with van der Waals surface area (Å²) in [4.78, 5) is 25.9. The minimum atomic E-state index is -0.260. The van der Waals surface area contributed by atoms with Gasteiger partial charge in [-0.25, -0.2) is 0 Å². The molecule has 0 saturated heterocycles. The lowest BCUT2D eigenvalue weighted by Crippen LogP contribution is -2.30. The van der Waals surface area contributed by atoms with Crippen molar-refractivity contribution >= 4 is 34.7 Å². The Balaban J connectivity index is 1.77. The van der Waals surface area contributed by atoms with Gasteiger partial charge in [-0.15, -0.1) is 11.3 Å². The van der Waals surface area contributed by atoms with Crippen LogP contribution in [0.25, 0.3) is 11.6 Å². The van der Waals surface area contributed by atoms with Crippen LogP contribution in [-0.2, 0) is 4.79 Å². The molecule has 3 aromatic rings. The molecule has 0 unspecified atom stereocenters. The molecule has 1 N–H and O–H groups in total.